The fourth-order valence-electron chi connectivity index (χ4n) is 2.67. The average molecular weight is 390 g/mol. The molecule has 0 aliphatic rings. The number of aryl methyl sites for hydroxylation is 1. The number of hydrogen-bond donors (Lipinski definition) is 6. The summed E-state index contributed by atoms with van der Waals surface area (Å²) in [5.74, 6) is 1.29. The molecule has 0 fully saturated rings. The second-order valence-electron chi connectivity index (χ2n) is 6.09. The lowest BCUT2D eigenvalue weighted by Gasteiger charge is -2.07. The summed E-state index contributed by atoms with van der Waals surface area (Å²) in [5.41, 5.74) is 21.0. The molecule has 12 nitrogen and oxygen atoms in total. The van der Waals surface area contributed by atoms with Gasteiger partial charge in [-0.05, 0) is 24.6 Å². The molecular formula is C17H18N12. The predicted molar refractivity (Wildman–Crippen MR) is 111 cm³/mol. The van der Waals surface area contributed by atoms with E-state index in [0.717, 1.165) is 11.2 Å². The summed E-state index contributed by atoms with van der Waals surface area (Å²) in [5, 5.41) is 3.21. The Bertz CT molecular complexity index is 1290. The van der Waals surface area contributed by atoms with E-state index in [4.69, 9.17) is 17.2 Å². The van der Waals surface area contributed by atoms with Crippen LogP contribution >= 0.6 is 0 Å². The van der Waals surface area contributed by atoms with E-state index < -0.39 is 0 Å². The monoisotopic (exact) mass is 390 g/mol. The van der Waals surface area contributed by atoms with E-state index in [0.29, 0.717) is 28.4 Å². The van der Waals surface area contributed by atoms with Gasteiger partial charge in [0, 0.05) is 5.69 Å². The van der Waals surface area contributed by atoms with Crippen LogP contribution in [0.2, 0.25) is 0 Å². The number of H-pyrrole nitrogens is 2. The van der Waals surface area contributed by atoms with Gasteiger partial charge in [-0.15, -0.1) is 0 Å². The van der Waals surface area contributed by atoms with Crippen LogP contribution in [0.25, 0.3) is 22.3 Å². The Hall–Kier alpha value is -4.48. The SMILES string of the molecule is Cc1cccc(Nc2nc(N)nc3nc[nH]c23)c1.Nc1nc(N)c2[nH]cnc2n1. The molecule has 0 aliphatic heterocycles. The predicted octanol–water partition coefficient (Wildman–Crippen LogP) is 1.50. The van der Waals surface area contributed by atoms with Crippen LogP contribution < -0.4 is 22.5 Å². The van der Waals surface area contributed by atoms with Gasteiger partial charge in [-0.1, -0.05) is 12.1 Å². The molecule has 0 aliphatic carbocycles. The molecule has 29 heavy (non-hydrogen) atoms. The lowest BCUT2D eigenvalue weighted by Crippen LogP contribution is -2.01. The van der Waals surface area contributed by atoms with Crippen molar-refractivity contribution in [2.45, 2.75) is 6.92 Å². The van der Waals surface area contributed by atoms with E-state index in [1.54, 1.807) is 6.33 Å². The van der Waals surface area contributed by atoms with Gasteiger partial charge in [-0.3, -0.25) is 0 Å². The molecule has 1 aromatic carbocycles. The fraction of sp³-hybridized carbons (Fsp3) is 0.0588. The second kappa shape index (κ2) is 7.26. The van der Waals surface area contributed by atoms with Crippen molar-refractivity contribution in [1.82, 2.24) is 39.9 Å². The topological polar surface area (TPSA) is 199 Å². The summed E-state index contributed by atoms with van der Waals surface area (Å²) in [7, 11) is 0. The minimum atomic E-state index is 0.141. The molecule has 0 unspecified atom stereocenters. The molecular weight excluding hydrogens is 372 g/mol. The molecule has 5 rings (SSSR count). The zero-order valence-electron chi connectivity index (χ0n) is 15.4. The Morgan fingerprint density at radius 3 is 2.21 bits per heavy atom. The zero-order chi connectivity index (χ0) is 20.4. The van der Waals surface area contributed by atoms with Crippen LogP contribution in [0.5, 0.6) is 0 Å². The third-order valence-electron chi connectivity index (χ3n) is 3.91. The molecule has 12 heteroatoms. The van der Waals surface area contributed by atoms with Gasteiger partial charge in [-0.2, -0.15) is 19.9 Å². The molecule has 9 N–H and O–H groups in total. The highest BCUT2D eigenvalue weighted by Gasteiger charge is 2.08. The molecule has 5 aromatic rings. The van der Waals surface area contributed by atoms with Crippen LogP contribution in [-0.2, 0) is 0 Å². The molecule has 146 valence electrons. The highest BCUT2D eigenvalue weighted by molar-refractivity contribution is 5.86. The molecule has 0 saturated carbocycles. The molecule has 4 heterocycles. The van der Waals surface area contributed by atoms with E-state index in [1.807, 2.05) is 31.2 Å². The summed E-state index contributed by atoms with van der Waals surface area (Å²) in [6.45, 7) is 2.03. The van der Waals surface area contributed by atoms with E-state index in [2.05, 4.69) is 45.2 Å². The summed E-state index contributed by atoms with van der Waals surface area (Å²) < 4.78 is 0. The smallest absolute Gasteiger partial charge is 0.224 e. The van der Waals surface area contributed by atoms with Gasteiger partial charge in [-0.25, -0.2) is 9.97 Å². The number of fused-ring (bicyclic) bond motifs is 2. The van der Waals surface area contributed by atoms with Crippen LogP contribution in [0, 0.1) is 6.92 Å². The lowest BCUT2D eigenvalue weighted by atomic mass is 10.2. The summed E-state index contributed by atoms with van der Waals surface area (Å²) in [6.07, 6.45) is 3.06. The van der Waals surface area contributed by atoms with Crippen LogP contribution in [-0.4, -0.2) is 39.9 Å². The highest BCUT2D eigenvalue weighted by Crippen LogP contribution is 2.22. The number of aromatic amines is 2. The Labute approximate surface area is 164 Å². The number of rotatable bonds is 2. The van der Waals surface area contributed by atoms with Gasteiger partial charge >= 0.3 is 0 Å². The largest absolute Gasteiger partial charge is 0.382 e. The fourth-order valence-corrected chi connectivity index (χ4v) is 2.67. The van der Waals surface area contributed by atoms with Crippen molar-refractivity contribution in [3.8, 4) is 0 Å². The van der Waals surface area contributed by atoms with Gasteiger partial charge in [0.15, 0.2) is 22.9 Å². The van der Waals surface area contributed by atoms with E-state index in [1.165, 1.54) is 11.9 Å². The first-order valence-electron chi connectivity index (χ1n) is 8.52. The van der Waals surface area contributed by atoms with E-state index >= 15 is 0 Å². The summed E-state index contributed by atoms with van der Waals surface area (Å²) in [4.78, 5) is 29.6. The van der Waals surface area contributed by atoms with Gasteiger partial charge in [0.25, 0.3) is 0 Å². The van der Waals surface area contributed by atoms with Crippen molar-refractivity contribution in [3.63, 3.8) is 0 Å². The Kier molecular flexibility index (Phi) is 4.49. The molecule has 0 atom stereocenters. The Morgan fingerprint density at radius 1 is 0.828 bits per heavy atom. The number of aromatic nitrogens is 8. The van der Waals surface area contributed by atoms with Crippen molar-refractivity contribution in [2.75, 3.05) is 22.5 Å². The van der Waals surface area contributed by atoms with E-state index in [9.17, 15) is 0 Å². The van der Waals surface area contributed by atoms with Crippen molar-refractivity contribution < 1.29 is 0 Å². The van der Waals surface area contributed by atoms with Crippen molar-refractivity contribution >= 4 is 51.5 Å². The number of benzene rings is 1. The number of nitrogens with one attached hydrogen (secondary N) is 3. The third kappa shape index (κ3) is 3.80. The van der Waals surface area contributed by atoms with Gasteiger partial charge in [0.05, 0.1) is 12.7 Å². The van der Waals surface area contributed by atoms with Crippen molar-refractivity contribution in [1.29, 1.82) is 0 Å². The standard InChI is InChI=1S/C12H12N6.C5H6N6/c1-7-3-2-4-8(5-7)16-11-9-10(15-6-14-9)17-12(13)18-11;6-3-2-4(9-1-8-2)11-5(7)10-3/h2-6H,1H3,(H4,13,14,15,16,17,18);1H,(H5,6,7,8,9,10,11). The maximum Gasteiger partial charge on any atom is 0.224 e. The van der Waals surface area contributed by atoms with Crippen LogP contribution in [0.15, 0.2) is 36.9 Å². The molecule has 0 spiro atoms. The molecule has 4 aromatic heterocycles. The third-order valence-corrected chi connectivity index (χ3v) is 3.91. The van der Waals surface area contributed by atoms with Crippen molar-refractivity contribution in [2.24, 2.45) is 0 Å². The van der Waals surface area contributed by atoms with Crippen LogP contribution in [0.3, 0.4) is 0 Å². The van der Waals surface area contributed by atoms with Crippen LogP contribution in [0.4, 0.5) is 29.2 Å². The van der Waals surface area contributed by atoms with Gasteiger partial charge in [0.1, 0.15) is 11.0 Å². The van der Waals surface area contributed by atoms with E-state index in [-0.39, 0.29) is 11.9 Å². The minimum Gasteiger partial charge on any atom is -0.382 e. The normalized spacial score (nSPS) is 10.7. The molecule has 0 bridgehead atoms. The average Bonchev–Trinajstić information content (AvgIpc) is 3.31. The first-order valence-corrected chi connectivity index (χ1v) is 8.52. The first kappa shape index (κ1) is 17.9. The Balaban J connectivity index is 0.000000159. The minimum absolute atomic E-state index is 0.141. The highest BCUT2D eigenvalue weighted by atomic mass is 15.1. The number of imidazole rings is 2. The Morgan fingerprint density at radius 2 is 1.48 bits per heavy atom. The van der Waals surface area contributed by atoms with Gasteiger partial charge in [0.2, 0.25) is 11.9 Å². The number of hydrogen-bond acceptors (Lipinski definition) is 10. The van der Waals surface area contributed by atoms with Gasteiger partial charge < -0.3 is 32.5 Å². The first-order chi connectivity index (χ1) is 14.0. The molecule has 0 radical (unpaired) electrons. The number of anilines is 5. The number of nitrogen functional groups attached to an aromatic ring is 3. The zero-order valence-corrected chi connectivity index (χ0v) is 15.4. The van der Waals surface area contributed by atoms with Crippen LogP contribution in [0.1, 0.15) is 5.56 Å². The molecule has 0 amide bonds. The summed E-state index contributed by atoms with van der Waals surface area (Å²) in [6, 6.07) is 8.01. The van der Waals surface area contributed by atoms with Crippen molar-refractivity contribution in [3.05, 3.63) is 42.5 Å². The number of nitrogens with zero attached hydrogens (tertiary/aromatic N) is 6. The molecule has 0 saturated heterocycles. The second-order valence-corrected chi connectivity index (χ2v) is 6.09. The maximum atomic E-state index is 5.65. The maximum absolute atomic E-state index is 5.65. The quantitative estimate of drug-likeness (QED) is 0.256. The number of nitrogens with two attached hydrogens (primary N) is 3. The lowest BCUT2D eigenvalue weighted by molar-refractivity contribution is 1.21. The summed E-state index contributed by atoms with van der Waals surface area (Å²) >= 11 is 0.